The van der Waals surface area contributed by atoms with Crippen molar-refractivity contribution in [3.63, 3.8) is 0 Å². The molecule has 3 amide bonds. The standard InChI is InChI=1S/C23H18N4O2/c24-23(29)26-17-10-6-9-16(13-17)25-22(28)19-14-21(15-7-2-1-3-8-15)27-20-12-5-4-11-18(19)20/h1-14H,(H,25,28)(H3,24,26,29). The Balaban J connectivity index is 1.73. The lowest BCUT2D eigenvalue weighted by atomic mass is 10.0. The Labute approximate surface area is 167 Å². The van der Waals surface area contributed by atoms with Gasteiger partial charge in [-0.3, -0.25) is 4.79 Å². The van der Waals surface area contributed by atoms with Crippen LogP contribution in [0, 0.1) is 0 Å². The van der Waals surface area contributed by atoms with Gasteiger partial charge in [0, 0.05) is 22.3 Å². The monoisotopic (exact) mass is 382 g/mol. The number of carbonyl (C=O) groups excluding carboxylic acids is 2. The second kappa shape index (κ2) is 7.82. The summed E-state index contributed by atoms with van der Waals surface area (Å²) in [4.78, 5) is 28.9. The van der Waals surface area contributed by atoms with Gasteiger partial charge in [-0.1, -0.05) is 54.6 Å². The summed E-state index contributed by atoms with van der Waals surface area (Å²) in [7, 11) is 0. The third-order valence-electron chi connectivity index (χ3n) is 4.42. The van der Waals surface area contributed by atoms with E-state index in [4.69, 9.17) is 10.7 Å². The number of para-hydroxylation sites is 1. The largest absolute Gasteiger partial charge is 0.351 e. The zero-order chi connectivity index (χ0) is 20.2. The number of carbonyl (C=O) groups is 2. The van der Waals surface area contributed by atoms with Crippen molar-refractivity contribution < 1.29 is 9.59 Å². The summed E-state index contributed by atoms with van der Waals surface area (Å²) in [6.07, 6.45) is 0. The van der Waals surface area contributed by atoms with Crippen LogP contribution in [0.5, 0.6) is 0 Å². The van der Waals surface area contributed by atoms with Crippen molar-refractivity contribution in [1.82, 2.24) is 4.98 Å². The average Bonchev–Trinajstić information content (AvgIpc) is 2.73. The number of benzene rings is 3. The van der Waals surface area contributed by atoms with Gasteiger partial charge in [0.05, 0.1) is 16.8 Å². The number of anilines is 2. The van der Waals surface area contributed by atoms with Gasteiger partial charge < -0.3 is 16.4 Å². The van der Waals surface area contributed by atoms with Gasteiger partial charge in [0.25, 0.3) is 5.91 Å². The summed E-state index contributed by atoms with van der Waals surface area (Å²) < 4.78 is 0. The van der Waals surface area contributed by atoms with Crippen molar-refractivity contribution in [3.05, 3.63) is 90.5 Å². The van der Waals surface area contributed by atoms with Crippen LogP contribution < -0.4 is 16.4 Å². The molecule has 0 fully saturated rings. The fraction of sp³-hybridized carbons (Fsp3) is 0. The molecule has 142 valence electrons. The molecular weight excluding hydrogens is 364 g/mol. The van der Waals surface area contributed by atoms with Crippen molar-refractivity contribution >= 4 is 34.2 Å². The fourth-order valence-electron chi connectivity index (χ4n) is 3.14. The number of nitrogens with one attached hydrogen (secondary N) is 2. The van der Waals surface area contributed by atoms with Crippen LogP contribution in [0.2, 0.25) is 0 Å². The van der Waals surface area contributed by atoms with E-state index >= 15 is 0 Å². The summed E-state index contributed by atoms with van der Waals surface area (Å²) in [5.41, 5.74) is 9.11. The second-order valence-electron chi connectivity index (χ2n) is 6.46. The number of nitrogens with zero attached hydrogens (tertiary/aromatic N) is 1. The molecule has 0 aliphatic carbocycles. The highest BCUT2D eigenvalue weighted by Gasteiger charge is 2.14. The number of hydrogen-bond donors (Lipinski definition) is 3. The summed E-state index contributed by atoms with van der Waals surface area (Å²) in [6, 6.07) is 25.2. The summed E-state index contributed by atoms with van der Waals surface area (Å²) in [5, 5.41) is 6.14. The lowest BCUT2D eigenvalue weighted by Crippen LogP contribution is -2.19. The minimum absolute atomic E-state index is 0.267. The van der Waals surface area contributed by atoms with E-state index in [1.165, 1.54) is 0 Å². The molecule has 1 aromatic heterocycles. The molecule has 0 aliphatic heterocycles. The number of primary amides is 1. The molecule has 0 unspecified atom stereocenters. The Morgan fingerprint density at radius 1 is 0.759 bits per heavy atom. The molecule has 0 bridgehead atoms. The molecule has 6 nitrogen and oxygen atoms in total. The quantitative estimate of drug-likeness (QED) is 0.479. The lowest BCUT2D eigenvalue weighted by Gasteiger charge is -2.11. The first-order valence-electron chi connectivity index (χ1n) is 9.03. The highest BCUT2D eigenvalue weighted by atomic mass is 16.2. The van der Waals surface area contributed by atoms with Crippen molar-refractivity contribution in [2.75, 3.05) is 10.6 Å². The van der Waals surface area contributed by atoms with Crippen molar-refractivity contribution in [2.45, 2.75) is 0 Å². The normalized spacial score (nSPS) is 10.5. The van der Waals surface area contributed by atoms with Gasteiger partial charge in [-0.05, 0) is 30.3 Å². The third kappa shape index (κ3) is 4.06. The first-order chi connectivity index (χ1) is 14.1. The molecule has 1 heterocycles. The fourth-order valence-corrected chi connectivity index (χ4v) is 3.14. The number of aromatic nitrogens is 1. The van der Waals surface area contributed by atoms with Gasteiger partial charge in [0.15, 0.2) is 0 Å². The smallest absolute Gasteiger partial charge is 0.316 e. The number of rotatable bonds is 4. The minimum Gasteiger partial charge on any atom is -0.351 e. The highest BCUT2D eigenvalue weighted by Crippen LogP contribution is 2.26. The Morgan fingerprint density at radius 2 is 1.45 bits per heavy atom. The maximum Gasteiger partial charge on any atom is 0.316 e. The first kappa shape index (κ1) is 18.2. The van der Waals surface area contributed by atoms with Crippen LogP contribution in [0.3, 0.4) is 0 Å². The van der Waals surface area contributed by atoms with Gasteiger partial charge in [-0.2, -0.15) is 0 Å². The maximum absolute atomic E-state index is 13.1. The average molecular weight is 382 g/mol. The Kier molecular flexibility index (Phi) is 4.90. The molecule has 6 heteroatoms. The number of pyridine rings is 1. The molecule has 4 N–H and O–H groups in total. The SMILES string of the molecule is NC(=O)Nc1cccc(NC(=O)c2cc(-c3ccccc3)nc3ccccc23)c1. The lowest BCUT2D eigenvalue weighted by molar-refractivity contribution is 0.102. The summed E-state index contributed by atoms with van der Waals surface area (Å²) in [6.45, 7) is 0. The summed E-state index contributed by atoms with van der Waals surface area (Å²) in [5.74, 6) is -0.267. The first-order valence-corrected chi connectivity index (χ1v) is 9.03. The van der Waals surface area contributed by atoms with Crippen LogP contribution >= 0.6 is 0 Å². The van der Waals surface area contributed by atoms with Crippen LogP contribution in [0.25, 0.3) is 22.2 Å². The van der Waals surface area contributed by atoms with E-state index in [1.807, 2.05) is 54.6 Å². The van der Waals surface area contributed by atoms with E-state index in [-0.39, 0.29) is 5.91 Å². The second-order valence-corrected chi connectivity index (χ2v) is 6.46. The van der Waals surface area contributed by atoms with Crippen LogP contribution in [0.1, 0.15) is 10.4 Å². The molecule has 4 rings (SSSR count). The molecule has 0 aliphatic rings. The molecule has 3 aromatic carbocycles. The number of amides is 3. The predicted octanol–water partition coefficient (Wildman–Crippen LogP) is 4.64. The summed E-state index contributed by atoms with van der Waals surface area (Å²) >= 11 is 0. The highest BCUT2D eigenvalue weighted by molar-refractivity contribution is 6.13. The van der Waals surface area contributed by atoms with E-state index < -0.39 is 6.03 Å². The van der Waals surface area contributed by atoms with Gasteiger partial charge in [-0.15, -0.1) is 0 Å². The van der Waals surface area contributed by atoms with Crippen molar-refractivity contribution in [3.8, 4) is 11.3 Å². The van der Waals surface area contributed by atoms with Crippen molar-refractivity contribution in [2.24, 2.45) is 5.73 Å². The maximum atomic E-state index is 13.1. The van der Waals surface area contributed by atoms with Crippen LogP contribution in [0.15, 0.2) is 84.9 Å². The number of hydrogen-bond acceptors (Lipinski definition) is 3. The predicted molar refractivity (Wildman–Crippen MR) is 115 cm³/mol. The molecule has 0 saturated heterocycles. The van der Waals surface area contributed by atoms with E-state index in [0.717, 1.165) is 22.2 Å². The van der Waals surface area contributed by atoms with E-state index in [9.17, 15) is 9.59 Å². The molecule has 0 saturated carbocycles. The van der Waals surface area contributed by atoms with E-state index in [2.05, 4.69) is 10.6 Å². The molecule has 0 radical (unpaired) electrons. The Bertz CT molecular complexity index is 1210. The molecule has 0 atom stereocenters. The molecule has 0 spiro atoms. The zero-order valence-corrected chi connectivity index (χ0v) is 15.4. The molecular formula is C23H18N4O2. The Hall–Kier alpha value is -4.19. The van der Waals surface area contributed by atoms with E-state index in [0.29, 0.717) is 16.9 Å². The van der Waals surface area contributed by atoms with Crippen LogP contribution in [-0.2, 0) is 0 Å². The third-order valence-corrected chi connectivity index (χ3v) is 4.42. The van der Waals surface area contributed by atoms with Gasteiger partial charge in [0.2, 0.25) is 0 Å². The van der Waals surface area contributed by atoms with Gasteiger partial charge in [0.1, 0.15) is 0 Å². The van der Waals surface area contributed by atoms with Crippen LogP contribution in [-0.4, -0.2) is 16.9 Å². The number of nitrogens with two attached hydrogens (primary N) is 1. The Morgan fingerprint density at radius 3 is 2.21 bits per heavy atom. The van der Waals surface area contributed by atoms with E-state index in [1.54, 1.807) is 30.3 Å². The molecule has 29 heavy (non-hydrogen) atoms. The number of fused-ring (bicyclic) bond motifs is 1. The van der Waals surface area contributed by atoms with Crippen molar-refractivity contribution in [1.29, 1.82) is 0 Å². The zero-order valence-electron chi connectivity index (χ0n) is 15.4. The van der Waals surface area contributed by atoms with Gasteiger partial charge >= 0.3 is 6.03 Å². The number of urea groups is 1. The minimum atomic E-state index is -0.666. The van der Waals surface area contributed by atoms with Gasteiger partial charge in [-0.25, -0.2) is 9.78 Å². The topological polar surface area (TPSA) is 97.1 Å². The molecule has 4 aromatic rings. The van der Waals surface area contributed by atoms with Crippen LogP contribution in [0.4, 0.5) is 16.2 Å².